The van der Waals surface area contributed by atoms with E-state index in [1.54, 1.807) is 0 Å². The van der Waals surface area contributed by atoms with Crippen molar-refractivity contribution in [2.24, 2.45) is 0 Å². The van der Waals surface area contributed by atoms with E-state index in [1.807, 2.05) is 11.3 Å². The fourth-order valence-corrected chi connectivity index (χ4v) is 10.8. The number of thiophene rings is 1. The summed E-state index contributed by atoms with van der Waals surface area (Å²) in [7, 11) is 0. The van der Waals surface area contributed by atoms with Gasteiger partial charge in [-0.05, 0) is 65.7 Å². The Morgan fingerprint density at radius 2 is 1.03 bits per heavy atom. The van der Waals surface area contributed by atoms with E-state index in [2.05, 4.69) is 203 Å². The normalized spacial score (nSPS) is 12.1. The van der Waals surface area contributed by atoms with Crippen molar-refractivity contribution >= 4 is 97.1 Å². The van der Waals surface area contributed by atoms with Gasteiger partial charge in [-0.2, -0.15) is 0 Å². The summed E-state index contributed by atoms with van der Waals surface area (Å²) in [6, 6.07) is 70.5. The first-order valence-corrected chi connectivity index (χ1v) is 20.6. The molecule has 0 amide bonds. The smallest absolute Gasteiger partial charge is 0.143 e. The Balaban J connectivity index is 1.05. The highest BCUT2D eigenvalue weighted by Crippen LogP contribution is 2.45. The van der Waals surface area contributed by atoms with Crippen molar-refractivity contribution in [2.75, 3.05) is 0 Å². The van der Waals surface area contributed by atoms with E-state index >= 15 is 0 Å². The lowest BCUT2D eigenvalue weighted by Gasteiger charge is -2.11. The van der Waals surface area contributed by atoms with Gasteiger partial charge in [0.2, 0.25) is 0 Å². The van der Waals surface area contributed by atoms with Crippen LogP contribution in [0.1, 0.15) is 0 Å². The summed E-state index contributed by atoms with van der Waals surface area (Å²) >= 11 is 1.86. The summed E-state index contributed by atoms with van der Waals surface area (Å²) in [4.78, 5) is 0. The third-order valence-electron chi connectivity index (χ3n) is 12.1. The van der Waals surface area contributed by atoms with Crippen LogP contribution in [0.2, 0.25) is 0 Å². The second-order valence-electron chi connectivity index (χ2n) is 15.2. The predicted molar refractivity (Wildman–Crippen MR) is 246 cm³/mol. The first-order chi connectivity index (χ1) is 28.8. The second-order valence-corrected chi connectivity index (χ2v) is 16.3. The molecule has 0 saturated carbocycles. The summed E-state index contributed by atoms with van der Waals surface area (Å²) in [5.74, 6) is 0. The van der Waals surface area contributed by atoms with Gasteiger partial charge in [0.15, 0.2) is 0 Å². The molecule has 270 valence electrons. The third-order valence-corrected chi connectivity index (χ3v) is 13.4. The van der Waals surface area contributed by atoms with E-state index < -0.39 is 0 Å². The van der Waals surface area contributed by atoms with Gasteiger partial charge in [-0.3, -0.25) is 0 Å². The van der Waals surface area contributed by atoms with Crippen molar-refractivity contribution in [3.05, 3.63) is 194 Å². The van der Waals surface area contributed by atoms with Crippen LogP contribution in [-0.2, 0) is 0 Å². The molecule has 0 atom stereocenters. The number of rotatable bonds is 4. The molecule has 0 saturated heterocycles. The van der Waals surface area contributed by atoms with Crippen molar-refractivity contribution in [3.63, 3.8) is 0 Å². The molecule has 0 N–H and O–H groups in total. The van der Waals surface area contributed by atoms with E-state index in [-0.39, 0.29) is 0 Å². The standard InChI is InChI=1S/C54H32N2OS/c1-2-12-33(13-3-1)34-24-26-35(27-25-34)55-47-22-8-5-16-44(47)51-48(55)30-29-39-37-14-4-7-21-46(37)56(52(39)51)36-28-31-49-45(32-36)41-18-10-17-40(53(41)57-49)43-20-11-19-42-38-15-6-9-23-50(38)58-54(42)43/h1-32H. The van der Waals surface area contributed by atoms with Gasteiger partial charge in [0.25, 0.3) is 0 Å². The van der Waals surface area contributed by atoms with Gasteiger partial charge >= 0.3 is 0 Å². The molecule has 0 fully saturated rings. The number of benzene rings is 9. The van der Waals surface area contributed by atoms with Crippen LogP contribution in [0, 0.1) is 0 Å². The van der Waals surface area contributed by atoms with E-state index in [0.717, 1.165) is 38.9 Å². The monoisotopic (exact) mass is 756 g/mol. The van der Waals surface area contributed by atoms with Gasteiger partial charge in [-0.25, -0.2) is 0 Å². The van der Waals surface area contributed by atoms with E-state index in [0.29, 0.717) is 0 Å². The summed E-state index contributed by atoms with van der Waals surface area (Å²) in [6.45, 7) is 0. The van der Waals surface area contributed by atoms with E-state index in [9.17, 15) is 0 Å². The van der Waals surface area contributed by atoms with E-state index in [1.165, 1.54) is 80.5 Å². The molecule has 9 aromatic carbocycles. The molecule has 0 bridgehead atoms. The first kappa shape index (κ1) is 31.8. The Labute approximate surface area is 336 Å². The number of fused-ring (bicyclic) bond motifs is 13. The molecule has 0 aliphatic rings. The average molecular weight is 757 g/mol. The van der Waals surface area contributed by atoms with Crippen molar-refractivity contribution in [1.82, 2.24) is 9.13 Å². The van der Waals surface area contributed by atoms with Crippen molar-refractivity contribution in [1.29, 1.82) is 0 Å². The average Bonchev–Trinajstić information content (AvgIpc) is 4.04. The summed E-state index contributed by atoms with van der Waals surface area (Å²) < 4.78 is 14.3. The maximum Gasteiger partial charge on any atom is 0.143 e. The van der Waals surface area contributed by atoms with Crippen molar-refractivity contribution in [3.8, 4) is 33.6 Å². The minimum atomic E-state index is 0.885. The Kier molecular flexibility index (Phi) is 6.60. The Morgan fingerprint density at radius 3 is 1.88 bits per heavy atom. The van der Waals surface area contributed by atoms with Gasteiger partial charge in [-0.15, -0.1) is 11.3 Å². The SMILES string of the molecule is c1ccc(-c2ccc(-n3c4ccccc4c4c3ccc3c5ccccc5n(-c5ccc6oc7c(-c8cccc9c8sc8ccccc89)cccc7c6c5)c34)cc2)cc1. The molecule has 58 heavy (non-hydrogen) atoms. The van der Waals surface area contributed by atoms with Crippen LogP contribution in [0.15, 0.2) is 199 Å². The quantitative estimate of drug-likeness (QED) is 0.175. The van der Waals surface area contributed by atoms with Crippen molar-refractivity contribution in [2.45, 2.75) is 0 Å². The molecule has 13 rings (SSSR count). The highest BCUT2D eigenvalue weighted by molar-refractivity contribution is 7.26. The number of hydrogen-bond donors (Lipinski definition) is 0. The zero-order chi connectivity index (χ0) is 37.9. The molecule has 4 heterocycles. The van der Waals surface area contributed by atoms with Crippen LogP contribution >= 0.6 is 11.3 Å². The Hall–Kier alpha value is -7.40. The second kappa shape index (κ2) is 12.1. The fraction of sp³-hybridized carbons (Fsp3) is 0. The molecule has 3 nitrogen and oxygen atoms in total. The topological polar surface area (TPSA) is 23.0 Å². The maximum atomic E-state index is 6.82. The molecule has 0 aliphatic carbocycles. The van der Waals surface area contributed by atoms with Gasteiger partial charge in [0.1, 0.15) is 11.2 Å². The van der Waals surface area contributed by atoms with Crippen LogP contribution in [0.4, 0.5) is 0 Å². The Bertz CT molecular complexity index is 3790. The van der Waals surface area contributed by atoms with Crippen LogP contribution in [-0.4, -0.2) is 9.13 Å². The lowest BCUT2D eigenvalue weighted by molar-refractivity contribution is 0.670. The minimum Gasteiger partial charge on any atom is -0.455 e. The van der Waals surface area contributed by atoms with Gasteiger partial charge in [0, 0.05) is 75.0 Å². The molecule has 4 aromatic heterocycles. The number of nitrogens with zero attached hydrogens (tertiary/aromatic N) is 2. The fourth-order valence-electron chi connectivity index (χ4n) is 9.59. The molecule has 0 unspecified atom stereocenters. The van der Waals surface area contributed by atoms with E-state index in [4.69, 9.17) is 4.42 Å². The van der Waals surface area contributed by atoms with Gasteiger partial charge in [-0.1, -0.05) is 140 Å². The highest BCUT2D eigenvalue weighted by atomic mass is 32.1. The summed E-state index contributed by atoms with van der Waals surface area (Å²) in [6.07, 6.45) is 0. The minimum absolute atomic E-state index is 0.885. The molecule has 13 aromatic rings. The lowest BCUT2D eigenvalue weighted by Crippen LogP contribution is -1.95. The maximum absolute atomic E-state index is 6.82. The lowest BCUT2D eigenvalue weighted by atomic mass is 10.00. The third kappa shape index (κ3) is 4.43. The molecule has 0 radical (unpaired) electrons. The zero-order valence-corrected chi connectivity index (χ0v) is 32.0. The molecule has 0 spiro atoms. The van der Waals surface area contributed by atoms with Crippen LogP contribution < -0.4 is 0 Å². The summed E-state index contributed by atoms with van der Waals surface area (Å²) in [5, 5.41) is 9.76. The molecule has 0 aliphatic heterocycles. The Morgan fingerprint density at radius 1 is 0.379 bits per heavy atom. The van der Waals surface area contributed by atoms with Crippen molar-refractivity contribution < 1.29 is 4.42 Å². The van der Waals surface area contributed by atoms with Crippen LogP contribution in [0.25, 0.3) is 119 Å². The number of para-hydroxylation sites is 3. The first-order valence-electron chi connectivity index (χ1n) is 19.8. The largest absolute Gasteiger partial charge is 0.455 e. The van der Waals surface area contributed by atoms with Crippen LogP contribution in [0.3, 0.4) is 0 Å². The van der Waals surface area contributed by atoms with Gasteiger partial charge in [0.05, 0.1) is 22.1 Å². The molecular formula is C54H32N2OS. The number of hydrogen-bond acceptors (Lipinski definition) is 2. The number of furan rings is 1. The van der Waals surface area contributed by atoms with Crippen LogP contribution in [0.5, 0.6) is 0 Å². The predicted octanol–water partition coefficient (Wildman–Crippen LogP) is 15.5. The summed E-state index contributed by atoms with van der Waals surface area (Å²) in [5.41, 5.74) is 13.6. The molecule has 4 heteroatoms. The highest BCUT2D eigenvalue weighted by Gasteiger charge is 2.22. The molecular weight excluding hydrogens is 725 g/mol. The zero-order valence-electron chi connectivity index (χ0n) is 31.2. The number of aromatic nitrogens is 2. The van der Waals surface area contributed by atoms with Gasteiger partial charge < -0.3 is 13.6 Å².